The number of hydrogen-bond donors (Lipinski definition) is 1. The van der Waals surface area contributed by atoms with Crippen molar-refractivity contribution in [1.29, 1.82) is 0 Å². The maximum Gasteiger partial charge on any atom is 0.220 e. The van der Waals surface area contributed by atoms with E-state index in [9.17, 15) is 9.90 Å². The third kappa shape index (κ3) is 5.59. The van der Waals surface area contributed by atoms with Crippen molar-refractivity contribution in [1.82, 2.24) is 0 Å². The number of benzene rings is 1. The van der Waals surface area contributed by atoms with E-state index in [1.54, 1.807) is 19.1 Å². The Bertz CT molecular complexity index is 403. The number of carbonyl (C=O) groups excluding carboxylic acids is 1. The van der Waals surface area contributed by atoms with Crippen molar-refractivity contribution in [3.8, 4) is 0 Å². The van der Waals surface area contributed by atoms with Crippen molar-refractivity contribution in [2.75, 3.05) is 5.75 Å². The highest BCUT2D eigenvalue weighted by molar-refractivity contribution is 8.13. The van der Waals surface area contributed by atoms with Gasteiger partial charge in [0.25, 0.3) is 0 Å². The Hall–Kier alpha value is -1.10. The number of thioether (sulfide) groups is 1. The Morgan fingerprint density at radius 2 is 2.11 bits per heavy atom. The lowest BCUT2D eigenvalue weighted by Gasteiger charge is -2.19. The first-order chi connectivity index (χ1) is 9.19. The van der Waals surface area contributed by atoms with Crippen molar-refractivity contribution in [3.05, 3.63) is 48.0 Å². The molecule has 1 aromatic carbocycles. The van der Waals surface area contributed by atoms with Gasteiger partial charge >= 0.3 is 0 Å². The van der Waals surface area contributed by atoms with Gasteiger partial charge in [-0.1, -0.05) is 61.2 Å². The summed E-state index contributed by atoms with van der Waals surface area (Å²) in [5.74, 6) is 0.673. The largest absolute Gasteiger partial charge is 0.386 e. The third-order valence-corrected chi connectivity index (χ3v) is 3.30. The van der Waals surface area contributed by atoms with Gasteiger partial charge in [-0.25, -0.2) is 0 Å². The summed E-state index contributed by atoms with van der Waals surface area (Å²) >= 11 is 1.17. The minimum absolute atomic E-state index is 0.135. The highest BCUT2D eigenvalue weighted by atomic mass is 32.2. The molecule has 0 bridgehead atoms. The van der Waals surface area contributed by atoms with Crippen molar-refractivity contribution >= 4 is 16.9 Å². The molecule has 0 saturated carbocycles. The molecule has 0 fully saturated rings. The molecule has 2 atom stereocenters. The molecule has 0 saturated heterocycles. The van der Waals surface area contributed by atoms with Gasteiger partial charge in [0.15, 0.2) is 6.10 Å². The summed E-state index contributed by atoms with van der Waals surface area (Å²) in [6.45, 7) is 4.02. The minimum Gasteiger partial charge on any atom is -0.386 e. The van der Waals surface area contributed by atoms with Crippen LogP contribution in [-0.4, -0.2) is 28.2 Å². The molecule has 19 heavy (non-hydrogen) atoms. The monoisotopic (exact) mass is 280 g/mol. The summed E-state index contributed by atoms with van der Waals surface area (Å²) in [5.41, 5.74) is 0.981. The molecule has 4 heteroatoms. The quantitative estimate of drug-likeness (QED) is 0.780. The number of aliphatic hydroxyl groups is 1. The van der Waals surface area contributed by atoms with E-state index < -0.39 is 12.2 Å². The molecule has 0 aliphatic heterocycles. The summed E-state index contributed by atoms with van der Waals surface area (Å²) in [4.78, 5) is 11.9. The molecule has 0 aliphatic rings. The molecule has 1 aromatic rings. The van der Waals surface area contributed by atoms with Crippen LogP contribution in [0.4, 0.5) is 0 Å². The highest BCUT2D eigenvalue weighted by Gasteiger charge is 2.25. The fraction of sp³-hybridized carbons (Fsp3) is 0.400. The summed E-state index contributed by atoms with van der Waals surface area (Å²) in [6, 6.07) is 9.61. The topological polar surface area (TPSA) is 46.5 Å². The lowest BCUT2D eigenvalue weighted by molar-refractivity contribution is -0.128. The Labute approximate surface area is 118 Å². The van der Waals surface area contributed by atoms with Gasteiger partial charge in [-0.3, -0.25) is 4.79 Å². The standard InChI is InChI=1S/C15H20O3S/c1-3-8-13(16)14(15(17)19-4-2)18-11-12-9-6-5-7-10-12/h3,5-10,13-14,16H,4,11H2,1-2H3/b8-3+. The number of allylic oxidation sites excluding steroid dienone is 1. The zero-order valence-electron chi connectivity index (χ0n) is 11.3. The van der Waals surface area contributed by atoms with E-state index in [0.717, 1.165) is 5.56 Å². The highest BCUT2D eigenvalue weighted by Crippen LogP contribution is 2.15. The van der Waals surface area contributed by atoms with Crippen LogP contribution in [0.5, 0.6) is 0 Å². The van der Waals surface area contributed by atoms with Gasteiger partial charge in [-0.15, -0.1) is 0 Å². The SMILES string of the molecule is C/C=C/C(O)C(OCc1ccccc1)C(=O)SCC. The second-order valence-electron chi connectivity index (χ2n) is 3.99. The Kier molecular flexibility index (Phi) is 7.48. The Morgan fingerprint density at radius 3 is 2.68 bits per heavy atom. The molecule has 3 nitrogen and oxygen atoms in total. The van der Waals surface area contributed by atoms with Crippen LogP contribution < -0.4 is 0 Å². The van der Waals surface area contributed by atoms with Crippen LogP contribution in [0.1, 0.15) is 19.4 Å². The first-order valence-electron chi connectivity index (χ1n) is 6.32. The predicted octanol–water partition coefficient (Wildman–Crippen LogP) is 2.79. The fourth-order valence-electron chi connectivity index (χ4n) is 1.59. The molecule has 0 spiro atoms. The molecule has 0 aliphatic carbocycles. The van der Waals surface area contributed by atoms with E-state index >= 15 is 0 Å². The van der Waals surface area contributed by atoms with Crippen LogP contribution in [0.15, 0.2) is 42.5 Å². The van der Waals surface area contributed by atoms with Crippen LogP contribution >= 0.6 is 11.8 Å². The van der Waals surface area contributed by atoms with Crippen molar-refractivity contribution in [2.45, 2.75) is 32.7 Å². The predicted molar refractivity (Wildman–Crippen MR) is 79.0 cm³/mol. The third-order valence-electron chi connectivity index (χ3n) is 2.49. The maximum absolute atomic E-state index is 11.9. The average Bonchev–Trinajstić information content (AvgIpc) is 2.41. The van der Waals surface area contributed by atoms with Crippen molar-refractivity contribution in [2.24, 2.45) is 0 Å². The summed E-state index contributed by atoms with van der Waals surface area (Å²) in [6.07, 6.45) is 1.57. The van der Waals surface area contributed by atoms with Gasteiger partial charge in [0.1, 0.15) is 6.10 Å². The van der Waals surface area contributed by atoms with Gasteiger partial charge < -0.3 is 9.84 Å². The van der Waals surface area contributed by atoms with Gasteiger partial charge in [-0.05, 0) is 18.2 Å². The van der Waals surface area contributed by atoms with Crippen LogP contribution in [0.25, 0.3) is 0 Å². The zero-order valence-corrected chi connectivity index (χ0v) is 12.1. The van der Waals surface area contributed by atoms with Crippen molar-refractivity contribution < 1.29 is 14.6 Å². The van der Waals surface area contributed by atoms with Crippen LogP contribution in [-0.2, 0) is 16.1 Å². The molecular weight excluding hydrogens is 260 g/mol. The number of ether oxygens (including phenoxy) is 1. The van der Waals surface area contributed by atoms with Gasteiger partial charge in [-0.2, -0.15) is 0 Å². The van der Waals surface area contributed by atoms with Gasteiger partial charge in [0, 0.05) is 0 Å². The summed E-state index contributed by atoms with van der Waals surface area (Å²) < 4.78 is 5.59. The molecule has 0 radical (unpaired) electrons. The number of aliphatic hydroxyl groups excluding tert-OH is 1. The average molecular weight is 280 g/mol. The smallest absolute Gasteiger partial charge is 0.220 e. The molecule has 0 amide bonds. The van der Waals surface area contributed by atoms with Crippen LogP contribution in [0.2, 0.25) is 0 Å². The number of hydrogen-bond acceptors (Lipinski definition) is 4. The van der Waals surface area contributed by atoms with E-state index in [1.165, 1.54) is 11.8 Å². The Morgan fingerprint density at radius 1 is 1.42 bits per heavy atom. The molecule has 0 heterocycles. The maximum atomic E-state index is 11.9. The van der Waals surface area contributed by atoms with Gasteiger partial charge in [0.2, 0.25) is 5.12 Å². The van der Waals surface area contributed by atoms with E-state index in [-0.39, 0.29) is 5.12 Å². The summed E-state index contributed by atoms with van der Waals surface area (Å²) in [7, 11) is 0. The normalized spacial score (nSPS) is 14.5. The number of rotatable bonds is 7. The molecule has 2 unspecified atom stereocenters. The fourth-order valence-corrected chi connectivity index (χ4v) is 2.25. The molecule has 104 valence electrons. The molecular formula is C15H20O3S. The second-order valence-corrected chi connectivity index (χ2v) is 5.25. The van der Waals surface area contributed by atoms with E-state index in [0.29, 0.717) is 12.4 Å². The second kappa shape index (κ2) is 8.91. The Balaban J connectivity index is 2.66. The van der Waals surface area contributed by atoms with E-state index in [1.807, 2.05) is 37.3 Å². The molecule has 1 N–H and O–H groups in total. The molecule has 1 rings (SSSR count). The zero-order chi connectivity index (χ0) is 14.1. The van der Waals surface area contributed by atoms with Crippen LogP contribution in [0, 0.1) is 0 Å². The van der Waals surface area contributed by atoms with E-state index in [4.69, 9.17) is 4.74 Å². The van der Waals surface area contributed by atoms with Crippen molar-refractivity contribution in [3.63, 3.8) is 0 Å². The number of carbonyl (C=O) groups is 1. The first kappa shape index (κ1) is 16.0. The first-order valence-corrected chi connectivity index (χ1v) is 7.30. The van der Waals surface area contributed by atoms with Gasteiger partial charge in [0.05, 0.1) is 6.61 Å². The lowest BCUT2D eigenvalue weighted by atomic mass is 10.2. The van der Waals surface area contributed by atoms with Crippen LogP contribution in [0.3, 0.4) is 0 Å². The minimum atomic E-state index is -0.903. The molecule has 0 aromatic heterocycles. The lowest BCUT2D eigenvalue weighted by Crippen LogP contribution is -2.34. The summed E-state index contributed by atoms with van der Waals surface area (Å²) in [5, 5.41) is 9.80. The van der Waals surface area contributed by atoms with E-state index in [2.05, 4.69) is 0 Å².